The van der Waals surface area contributed by atoms with Crippen molar-refractivity contribution in [1.82, 2.24) is 34.1 Å². The van der Waals surface area contributed by atoms with Crippen molar-refractivity contribution in [1.29, 1.82) is 0 Å². The standard InChI is InChI=1S/C21H29N10O18P3/c1-29-5-31(15-9(29)17(37)28-21(23)26-15)19-13(35)11(33)7(47-19)3-45-51(40,41)49-52(42,43)48-50(38,39)44-2-6-10(32)12(34)18(46-6)30-4-24-8-14(30)25-20(22)27-16(8)36/h4-7,10-13,18-19,32-35H,2-3H2,1H3,(H8-,22,23,25,26,27,28,36,37,38,39,40,41,42,43)/p-2. The Morgan fingerprint density at radius 3 is 2.06 bits per heavy atom. The van der Waals surface area contributed by atoms with Crippen molar-refractivity contribution in [2.24, 2.45) is 7.05 Å². The van der Waals surface area contributed by atoms with Gasteiger partial charge in [-0.3, -0.25) is 42.4 Å². The van der Waals surface area contributed by atoms with Crippen LogP contribution in [0.25, 0.3) is 22.3 Å². The summed E-state index contributed by atoms with van der Waals surface area (Å²) in [6, 6.07) is 0. The third kappa shape index (κ3) is 7.46. The molecule has 2 aliphatic heterocycles. The fourth-order valence-electron chi connectivity index (χ4n) is 5.41. The number of rotatable bonds is 12. The molecule has 0 aliphatic carbocycles. The predicted molar refractivity (Wildman–Crippen MR) is 157 cm³/mol. The zero-order valence-corrected chi connectivity index (χ0v) is 28.6. The van der Waals surface area contributed by atoms with Crippen molar-refractivity contribution < 1.29 is 80.5 Å². The maximum Gasteiger partial charge on any atom is 0.313 e. The zero-order chi connectivity index (χ0) is 38.1. The van der Waals surface area contributed by atoms with Crippen LogP contribution >= 0.6 is 23.5 Å². The highest BCUT2D eigenvalue weighted by molar-refractivity contribution is 7.65. The van der Waals surface area contributed by atoms with Crippen LogP contribution < -0.4 is 41.8 Å². The molecular formula is C21H27N10O18P3-2. The molecule has 0 bridgehead atoms. The number of ether oxygens (including phenoxy) is 2. The molecule has 11 unspecified atom stereocenters. The van der Waals surface area contributed by atoms with Crippen LogP contribution in [0.3, 0.4) is 0 Å². The number of H-pyrrole nitrogens is 2. The maximum absolute atomic E-state index is 12.3. The second-order valence-electron chi connectivity index (χ2n) is 11.2. The minimum atomic E-state index is -6.38. The summed E-state index contributed by atoms with van der Waals surface area (Å²) in [5.41, 5.74) is 9.21. The topological polar surface area (TPSA) is 427 Å². The van der Waals surface area contributed by atoms with Gasteiger partial charge in [-0.25, -0.2) is 18.2 Å². The number of nitrogens with zero attached hydrogens (tertiary/aromatic N) is 6. The summed E-state index contributed by atoms with van der Waals surface area (Å²) in [4.78, 5) is 77.3. The Bertz CT molecular complexity index is 2280. The van der Waals surface area contributed by atoms with Gasteiger partial charge < -0.3 is 65.1 Å². The number of anilines is 2. The number of imidazole rings is 2. The molecule has 0 spiro atoms. The highest BCUT2D eigenvalue weighted by atomic mass is 31.3. The lowest BCUT2D eigenvalue weighted by Crippen LogP contribution is -2.46. The SMILES string of the molecule is Cn1c[n+](C2OC(COP(=O)([O-])OP(=O)([O-])OP(=O)([O-])OCC3OC(n4cnc5c(=O)[nH]c(N)nc54)C(O)C3O)C(O)C2O)c2nc(N)[nH]c(=O)c21. The van der Waals surface area contributed by atoms with Gasteiger partial charge in [-0.1, -0.05) is 4.98 Å². The van der Waals surface area contributed by atoms with Crippen molar-refractivity contribution in [3.63, 3.8) is 0 Å². The number of aromatic amines is 2. The Kier molecular flexibility index (Phi) is 10.1. The van der Waals surface area contributed by atoms with E-state index in [9.17, 15) is 58.4 Å². The van der Waals surface area contributed by atoms with Gasteiger partial charge in [0.1, 0.15) is 36.6 Å². The molecule has 6 heterocycles. The van der Waals surface area contributed by atoms with Crippen molar-refractivity contribution >= 4 is 57.7 Å². The summed E-state index contributed by atoms with van der Waals surface area (Å²) in [5.74, 6) is -0.627. The number of nitrogens with two attached hydrogens (primary N) is 2. The fraction of sp³-hybridized carbons (Fsp3) is 0.524. The molecule has 2 aliphatic rings. The van der Waals surface area contributed by atoms with Gasteiger partial charge >= 0.3 is 5.65 Å². The lowest BCUT2D eigenvalue weighted by atomic mass is 10.1. The van der Waals surface area contributed by atoms with E-state index in [4.69, 9.17) is 20.9 Å². The Morgan fingerprint density at radius 1 is 0.865 bits per heavy atom. The zero-order valence-electron chi connectivity index (χ0n) is 25.9. The molecule has 2 fully saturated rings. The van der Waals surface area contributed by atoms with Gasteiger partial charge in [0, 0.05) is 0 Å². The number of aryl methyl sites for hydroxylation is 1. The van der Waals surface area contributed by atoms with E-state index < -0.39 is 96.9 Å². The number of aliphatic hydroxyl groups excluding tert-OH is 4. The van der Waals surface area contributed by atoms with Gasteiger partial charge in [0.05, 0.1) is 26.6 Å². The lowest BCUT2D eigenvalue weighted by molar-refractivity contribution is -0.745. The third-order valence-electron chi connectivity index (χ3n) is 7.66. The number of hydrogen-bond acceptors (Lipinski definition) is 23. The molecule has 52 heavy (non-hydrogen) atoms. The van der Waals surface area contributed by atoms with Crippen LogP contribution in [0.4, 0.5) is 11.9 Å². The molecule has 10 N–H and O–H groups in total. The van der Waals surface area contributed by atoms with Gasteiger partial charge in [0.25, 0.3) is 40.5 Å². The summed E-state index contributed by atoms with van der Waals surface area (Å²) in [5, 5.41) is 41.9. The quantitative estimate of drug-likeness (QED) is 0.0488. The second-order valence-corrected chi connectivity index (χ2v) is 15.7. The summed E-state index contributed by atoms with van der Waals surface area (Å²) in [7, 11) is -17.0. The first-order valence-electron chi connectivity index (χ1n) is 14.3. The van der Waals surface area contributed by atoms with E-state index in [1.165, 1.54) is 17.9 Å². The summed E-state index contributed by atoms with van der Waals surface area (Å²) >= 11 is 0. The van der Waals surface area contributed by atoms with Crippen molar-refractivity contribution in [3.05, 3.63) is 33.4 Å². The number of nitrogens with one attached hydrogen (secondary N) is 2. The maximum atomic E-state index is 12.3. The van der Waals surface area contributed by atoms with Crippen LogP contribution in [0.5, 0.6) is 0 Å². The highest BCUT2D eigenvalue weighted by Crippen LogP contribution is 2.63. The predicted octanol–water partition coefficient (Wildman–Crippen LogP) is -6.44. The first kappa shape index (κ1) is 38.2. The van der Waals surface area contributed by atoms with Gasteiger partial charge in [-0.05, 0) is 0 Å². The molecule has 2 saturated heterocycles. The number of phosphoric acid groups is 3. The van der Waals surface area contributed by atoms with E-state index in [0.717, 1.165) is 15.5 Å². The third-order valence-corrected chi connectivity index (χ3v) is 11.8. The summed E-state index contributed by atoms with van der Waals surface area (Å²) in [6.07, 6.45) is -11.5. The molecule has 28 nitrogen and oxygen atoms in total. The summed E-state index contributed by atoms with van der Waals surface area (Å²) in [6.45, 7) is -2.39. The Labute approximate surface area is 286 Å². The molecule has 0 amide bonds. The Balaban J connectivity index is 1.05. The molecule has 4 aromatic rings. The summed E-state index contributed by atoms with van der Waals surface area (Å²) < 4.78 is 67.5. The number of hydrogen-bond donors (Lipinski definition) is 8. The van der Waals surface area contributed by atoms with E-state index >= 15 is 0 Å². The number of aromatic nitrogens is 8. The molecular weight excluding hydrogens is 773 g/mol. The van der Waals surface area contributed by atoms with Crippen molar-refractivity contribution in [2.45, 2.75) is 49.1 Å². The smallest absolute Gasteiger partial charge is 0.313 e. The first-order chi connectivity index (χ1) is 24.2. The van der Waals surface area contributed by atoms with Crippen LogP contribution in [-0.2, 0) is 47.9 Å². The van der Waals surface area contributed by atoms with Crippen LogP contribution in [0.15, 0.2) is 22.2 Å². The second kappa shape index (κ2) is 13.7. The molecule has 11 atom stereocenters. The Morgan fingerprint density at radius 2 is 1.42 bits per heavy atom. The highest BCUT2D eigenvalue weighted by Gasteiger charge is 2.48. The van der Waals surface area contributed by atoms with Gasteiger partial charge in [-0.2, -0.15) is 4.98 Å². The minimum absolute atomic E-state index is 0.0122. The van der Waals surface area contributed by atoms with Crippen LogP contribution in [0, 0.1) is 0 Å². The average molecular weight is 800 g/mol. The monoisotopic (exact) mass is 800 g/mol. The van der Waals surface area contributed by atoms with Crippen LogP contribution in [-0.4, -0.2) is 104 Å². The average Bonchev–Trinajstić information content (AvgIpc) is 3.74. The van der Waals surface area contributed by atoms with Crippen molar-refractivity contribution in [3.8, 4) is 0 Å². The number of phosphoric ester groups is 2. The Hall–Kier alpha value is -3.53. The van der Waals surface area contributed by atoms with Gasteiger partial charge in [0.2, 0.25) is 17.7 Å². The minimum Gasteiger partial charge on any atom is -0.756 e. The molecule has 31 heteroatoms. The number of nitrogen functional groups attached to an aromatic ring is 2. The van der Waals surface area contributed by atoms with Gasteiger partial charge in [-0.15, -0.1) is 0 Å². The van der Waals surface area contributed by atoms with Gasteiger partial charge in [0.15, 0.2) is 23.7 Å². The van der Waals surface area contributed by atoms with E-state index in [1.54, 1.807) is 0 Å². The van der Waals surface area contributed by atoms with Crippen molar-refractivity contribution in [2.75, 3.05) is 24.7 Å². The molecule has 286 valence electrons. The molecule has 0 saturated carbocycles. The lowest BCUT2D eigenvalue weighted by Gasteiger charge is -2.34. The van der Waals surface area contributed by atoms with E-state index in [-0.39, 0.29) is 34.2 Å². The van der Waals surface area contributed by atoms with Crippen LogP contribution in [0.1, 0.15) is 12.5 Å². The van der Waals surface area contributed by atoms with E-state index in [1.807, 2.05) is 0 Å². The normalized spacial score (nSPS) is 30.1. The van der Waals surface area contributed by atoms with E-state index in [0.29, 0.717) is 0 Å². The fourth-order valence-corrected chi connectivity index (χ4v) is 8.80. The molecule has 4 aromatic heterocycles. The molecule has 0 radical (unpaired) electrons. The number of aliphatic hydroxyl groups is 4. The van der Waals surface area contributed by atoms with E-state index in [2.05, 4.69) is 42.6 Å². The number of fused-ring (bicyclic) bond motifs is 2. The van der Waals surface area contributed by atoms with Crippen LogP contribution in [0.2, 0.25) is 0 Å². The largest absolute Gasteiger partial charge is 0.756 e. The molecule has 0 aromatic carbocycles. The first-order valence-corrected chi connectivity index (χ1v) is 18.7. The molecule has 6 rings (SSSR count).